The van der Waals surface area contributed by atoms with Crippen LogP contribution in [0, 0.1) is 0 Å². The Morgan fingerprint density at radius 1 is 0.852 bits per heavy atom. The van der Waals surface area contributed by atoms with Crippen molar-refractivity contribution < 1.29 is 19.1 Å². The molecule has 0 bridgehead atoms. The number of nitrogens with zero attached hydrogens (tertiary/aromatic N) is 2. The van der Waals surface area contributed by atoms with Crippen LogP contribution >= 0.6 is 0 Å². The fourth-order valence-electron chi connectivity index (χ4n) is 3.26. The number of carbonyl (C=O) groups is 2. The molecule has 0 aromatic heterocycles. The highest BCUT2D eigenvalue weighted by atomic mass is 16.7. The molecule has 2 aliphatic rings. The Labute approximate surface area is 157 Å². The first-order valence-electron chi connectivity index (χ1n) is 9.00. The number of amides is 3. The quantitative estimate of drug-likeness (QED) is 0.886. The Hall–Kier alpha value is -3.22. The fraction of sp³-hybridized carbons (Fsp3) is 0.300. The molecule has 2 heterocycles. The number of anilines is 1. The maximum Gasteiger partial charge on any atom is 0.321 e. The van der Waals surface area contributed by atoms with E-state index in [1.807, 2.05) is 30.3 Å². The van der Waals surface area contributed by atoms with Gasteiger partial charge in [-0.3, -0.25) is 4.79 Å². The van der Waals surface area contributed by atoms with Gasteiger partial charge in [0.2, 0.25) is 6.79 Å². The molecule has 2 aliphatic heterocycles. The van der Waals surface area contributed by atoms with E-state index in [1.54, 1.807) is 28.0 Å². The standard InChI is InChI=1S/C20H21N3O4/c24-19(15-7-8-17-18(13-15)27-14-26-17)22-9-4-10-23(12-11-22)20(25)21-16-5-2-1-3-6-16/h1-3,5-8,13H,4,9-12,14H2,(H,21,25). The minimum absolute atomic E-state index is 0.0568. The summed E-state index contributed by atoms with van der Waals surface area (Å²) in [5.74, 6) is 1.20. The predicted molar refractivity (Wildman–Crippen MR) is 100 cm³/mol. The lowest BCUT2D eigenvalue weighted by molar-refractivity contribution is 0.0762. The molecule has 0 atom stereocenters. The Bertz CT molecular complexity index is 840. The van der Waals surface area contributed by atoms with Crippen molar-refractivity contribution >= 4 is 17.6 Å². The molecule has 2 aromatic rings. The lowest BCUT2D eigenvalue weighted by Gasteiger charge is -2.22. The Morgan fingerprint density at radius 3 is 2.44 bits per heavy atom. The van der Waals surface area contributed by atoms with E-state index in [0.717, 1.165) is 12.1 Å². The molecule has 1 saturated heterocycles. The molecule has 2 aromatic carbocycles. The summed E-state index contributed by atoms with van der Waals surface area (Å²) in [6.07, 6.45) is 0.735. The summed E-state index contributed by atoms with van der Waals surface area (Å²) in [7, 11) is 0. The molecule has 0 radical (unpaired) electrons. The van der Waals surface area contributed by atoms with Crippen molar-refractivity contribution in [2.45, 2.75) is 6.42 Å². The molecule has 1 fully saturated rings. The summed E-state index contributed by atoms with van der Waals surface area (Å²) in [6.45, 7) is 2.40. The highest BCUT2D eigenvalue weighted by molar-refractivity contribution is 5.95. The van der Waals surface area contributed by atoms with E-state index in [9.17, 15) is 9.59 Å². The van der Waals surface area contributed by atoms with Gasteiger partial charge in [-0.25, -0.2) is 4.79 Å². The third kappa shape index (κ3) is 3.81. The first kappa shape index (κ1) is 17.2. The number of ether oxygens (including phenoxy) is 2. The summed E-state index contributed by atoms with van der Waals surface area (Å²) in [6, 6.07) is 14.5. The minimum atomic E-state index is -0.140. The van der Waals surface area contributed by atoms with Crippen LogP contribution in [0.4, 0.5) is 10.5 Å². The van der Waals surface area contributed by atoms with Crippen molar-refractivity contribution in [3.63, 3.8) is 0 Å². The minimum Gasteiger partial charge on any atom is -0.454 e. The van der Waals surface area contributed by atoms with E-state index >= 15 is 0 Å². The fourth-order valence-corrected chi connectivity index (χ4v) is 3.26. The van der Waals surface area contributed by atoms with Crippen molar-refractivity contribution in [1.29, 1.82) is 0 Å². The lowest BCUT2D eigenvalue weighted by atomic mass is 10.1. The highest BCUT2D eigenvalue weighted by Gasteiger charge is 2.24. The molecule has 1 N–H and O–H groups in total. The van der Waals surface area contributed by atoms with Crippen molar-refractivity contribution in [3.8, 4) is 11.5 Å². The van der Waals surface area contributed by atoms with Gasteiger partial charge < -0.3 is 24.6 Å². The average Bonchev–Trinajstić information content (AvgIpc) is 3.02. The van der Waals surface area contributed by atoms with Crippen molar-refractivity contribution in [3.05, 3.63) is 54.1 Å². The van der Waals surface area contributed by atoms with Crippen LogP contribution < -0.4 is 14.8 Å². The predicted octanol–water partition coefficient (Wildman–Crippen LogP) is 2.80. The van der Waals surface area contributed by atoms with Crippen LogP contribution in [-0.2, 0) is 0 Å². The molecule has 27 heavy (non-hydrogen) atoms. The largest absolute Gasteiger partial charge is 0.454 e. The molecule has 3 amide bonds. The van der Waals surface area contributed by atoms with Gasteiger partial charge in [0, 0.05) is 37.4 Å². The second kappa shape index (κ2) is 7.57. The van der Waals surface area contributed by atoms with Gasteiger partial charge in [-0.2, -0.15) is 0 Å². The molecule has 0 aliphatic carbocycles. The Balaban J connectivity index is 1.38. The van der Waals surface area contributed by atoms with E-state index < -0.39 is 0 Å². The number of rotatable bonds is 2. The first-order valence-corrected chi connectivity index (χ1v) is 9.00. The second-order valence-corrected chi connectivity index (χ2v) is 6.50. The van der Waals surface area contributed by atoms with E-state index in [-0.39, 0.29) is 18.7 Å². The lowest BCUT2D eigenvalue weighted by Crippen LogP contribution is -2.39. The number of hydrogen-bond acceptors (Lipinski definition) is 4. The van der Waals surface area contributed by atoms with Gasteiger partial charge in [-0.15, -0.1) is 0 Å². The number of urea groups is 1. The Kier molecular flexibility index (Phi) is 4.82. The third-order valence-corrected chi connectivity index (χ3v) is 4.71. The van der Waals surface area contributed by atoms with Gasteiger partial charge in [-0.05, 0) is 36.8 Å². The number of para-hydroxylation sites is 1. The smallest absolute Gasteiger partial charge is 0.321 e. The Morgan fingerprint density at radius 2 is 1.59 bits per heavy atom. The SMILES string of the molecule is O=C(Nc1ccccc1)N1CCCN(C(=O)c2ccc3c(c2)OCO3)CC1. The molecule has 7 heteroatoms. The average molecular weight is 367 g/mol. The van der Waals surface area contributed by atoms with Gasteiger partial charge >= 0.3 is 6.03 Å². The maximum atomic E-state index is 12.8. The van der Waals surface area contributed by atoms with E-state index in [0.29, 0.717) is 43.2 Å². The molecule has 7 nitrogen and oxygen atoms in total. The van der Waals surface area contributed by atoms with E-state index in [1.165, 1.54) is 0 Å². The normalized spacial score (nSPS) is 16.0. The molecular weight excluding hydrogens is 346 g/mol. The van der Waals surface area contributed by atoms with Gasteiger partial charge in [0.1, 0.15) is 0 Å². The van der Waals surface area contributed by atoms with Gasteiger partial charge in [-0.1, -0.05) is 18.2 Å². The third-order valence-electron chi connectivity index (χ3n) is 4.71. The highest BCUT2D eigenvalue weighted by Crippen LogP contribution is 2.32. The maximum absolute atomic E-state index is 12.8. The van der Waals surface area contributed by atoms with Crippen molar-refractivity contribution in [2.24, 2.45) is 0 Å². The summed E-state index contributed by atoms with van der Waals surface area (Å²) >= 11 is 0. The number of fused-ring (bicyclic) bond motifs is 1. The topological polar surface area (TPSA) is 71.1 Å². The number of benzene rings is 2. The van der Waals surface area contributed by atoms with Crippen LogP contribution in [0.25, 0.3) is 0 Å². The van der Waals surface area contributed by atoms with Crippen LogP contribution in [0.2, 0.25) is 0 Å². The zero-order valence-corrected chi connectivity index (χ0v) is 14.9. The summed E-state index contributed by atoms with van der Waals surface area (Å²) in [5, 5.41) is 2.90. The van der Waals surface area contributed by atoms with Crippen LogP contribution in [-0.4, -0.2) is 54.7 Å². The van der Waals surface area contributed by atoms with Gasteiger partial charge in [0.15, 0.2) is 11.5 Å². The molecule has 0 unspecified atom stereocenters. The van der Waals surface area contributed by atoms with E-state index in [2.05, 4.69) is 5.32 Å². The van der Waals surface area contributed by atoms with Gasteiger partial charge in [0.25, 0.3) is 5.91 Å². The van der Waals surface area contributed by atoms with Crippen LogP contribution in [0.3, 0.4) is 0 Å². The monoisotopic (exact) mass is 367 g/mol. The van der Waals surface area contributed by atoms with Crippen LogP contribution in [0.5, 0.6) is 11.5 Å². The zero-order valence-electron chi connectivity index (χ0n) is 14.9. The summed E-state index contributed by atoms with van der Waals surface area (Å²) in [5.41, 5.74) is 1.33. The molecule has 4 rings (SSSR count). The number of carbonyl (C=O) groups excluding carboxylic acids is 2. The second-order valence-electron chi connectivity index (χ2n) is 6.50. The number of hydrogen-bond donors (Lipinski definition) is 1. The number of nitrogens with one attached hydrogen (secondary N) is 1. The first-order chi connectivity index (χ1) is 13.2. The van der Waals surface area contributed by atoms with Gasteiger partial charge in [0.05, 0.1) is 0 Å². The van der Waals surface area contributed by atoms with Crippen LogP contribution in [0.1, 0.15) is 16.8 Å². The zero-order chi connectivity index (χ0) is 18.6. The molecular formula is C20H21N3O4. The molecule has 0 saturated carbocycles. The molecule has 140 valence electrons. The van der Waals surface area contributed by atoms with Crippen molar-refractivity contribution in [1.82, 2.24) is 9.80 Å². The molecule has 0 spiro atoms. The van der Waals surface area contributed by atoms with E-state index in [4.69, 9.17) is 9.47 Å². The van der Waals surface area contributed by atoms with Crippen LogP contribution in [0.15, 0.2) is 48.5 Å². The summed E-state index contributed by atoms with van der Waals surface area (Å²) in [4.78, 5) is 28.8. The van der Waals surface area contributed by atoms with Crippen molar-refractivity contribution in [2.75, 3.05) is 38.3 Å². The summed E-state index contributed by atoms with van der Waals surface area (Å²) < 4.78 is 10.6.